The predicted molar refractivity (Wildman–Crippen MR) is 147 cm³/mol. The van der Waals surface area contributed by atoms with Crippen molar-refractivity contribution in [2.24, 2.45) is 0 Å². The molecule has 15 N–H and O–H groups in total. The molecule has 3 fully saturated rings. The van der Waals surface area contributed by atoms with Gasteiger partial charge < -0.3 is 105 Å². The quantitative estimate of drug-likeness (QED) is 0.0745. The molecule has 1 amide bonds. The number of aliphatic hydroxyl groups is 14. The van der Waals surface area contributed by atoms with E-state index in [0.29, 0.717) is 0 Å². The number of carbonyl (C=O) groups is 2. The fourth-order valence-electron chi connectivity index (χ4n) is 5.92. The van der Waals surface area contributed by atoms with E-state index in [9.17, 15) is 81.1 Å². The Kier molecular flexibility index (Phi) is 14.5. The lowest BCUT2D eigenvalue weighted by Gasteiger charge is -2.56. The number of amides is 1. The average Bonchev–Trinajstić information content (AvgIpc) is 3.07. The summed E-state index contributed by atoms with van der Waals surface area (Å²) in [6.07, 6.45) is -35.2. The van der Waals surface area contributed by atoms with Gasteiger partial charge in [0.15, 0.2) is 24.5 Å². The number of aliphatic hydroxyl groups excluding tert-OH is 13. The van der Waals surface area contributed by atoms with Crippen LogP contribution >= 0.6 is 0 Å². The molecular formula is C26H45NO21. The first kappa shape index (κ1) is 40.8. The largest absolute Gasteiger partial charge is 0.394 e. The highest BCUT2D eigenvalue weighted by Gasteiger charge is 2.66. The van der Waals surface area contributed by atoms with Crippen LogP contribution in [-0.4, -0.2) is 226 Å². The minimum absolute atomic E-state index is 0.149. The summed E-state index contributed by atoms with van der Waals surface area (Å²) in [5.41, 5.74) is -3.20. The van der Waals surface area contributed by atoms with Crippen LogP contribution < -0.4 is 5.32 Å². The summed E-state index contributed by atoms with van der Waals surface area (Å²) in [7, 11) is 0. The second-order valence-corrected chi connectivity index (χ2v) is 11.8. The highest BCUT2D eigenvalue weighted by molar-refractivity contribution is 5.73. The molecule has 0 aromatic rings. The van der Waals surface area contributed by atoms with Crippen molar-refractivity contribution in [3.05, 3.63) is 0 Å². The Balaban J connectivity index is 2.09. The maximum absolute atomic E-state index is 12.4. The van der Waals surface area contributed by atoms with Gasteiger partial charge in [0, 0.05) is 6.92 Å². The number of hydrogen-bond donors (Lipinski definition) is 15. The summed E-state index contributed by atoms with van der Waals surface area (Å²) in [6, 6.07) is -1.90. The van der Waals surface area contributed by atoms with Crippen molar-refractivity contribution in [1.29, 1.82) is 0 Å². The number of carbonyl (C=O) groups excluding carboxylic acids is 2. The summed E-state index contributed by atoms with van der Waals surface area (Å²) in [5.74, 6) is -0.908. The molecule has 3 aliphatic heterocycles. The van der Waals surface area contributed by atoms with Gasteiger partial charge in [-0.25, -0.2) is 0 Å². The van der Waals surface area contributed by atoms with Crippen LogP contribution in [-0.2, 0) is 33.3 Å². The van der Waals surface area contributed by atoms with Crippen LogP contribution in [0.3, 0.4) is 0 Å². The zero-order valence-electron chi connectivity index (χ0n) is 25.4. The fraction of sp³-hybridized carbons (Fsp3) is 0.923. The highest BCUT2D eigenvalue weighted by atomic mass is 16.7. The van der Waals surface area contributed by atoms with Crippen molar-refractivity contribution in [1.82, 2.24) is 5.32 Å². The molecule has 280 valence electrons. The summed E-state index contributed by atoms with van der Waals surface area (Å²) in [4.78, 5) is 23.5. The first-order chi connectivity index (χ1) is 22.5. The van der Waals surface area contributed by atoms with Crippen molar-refractivity contribution in [2.75, 3.05) is 26.4 Å². The normalized spacial score (nSPS) is 44.7. The molecule has 3 saturated heterocycles. The molecule has 3 rings (SSSR count). The van der Waals surface area contributed by atoms with E-state index in [1.165, 1.54) is 0 Å². The third kappa shape index (κ3) is 7.97. The van der Waals surface area contributed by atoms with Crippen LogP contribution in [0.2, 0.25) is 0 Å². The maximum atomic E-state index is 12.4. The van der Waals surface area contributed by atoms with Crippen LogP contribution in [0.4, 0.5) is 0 Å². The molecule has 0 aliphatic carbocycles. The van der Waals surface area contributed by atoms with Gasteiger partial charge in [-0.3, -0.25) is 4.79 Å². The summed E-state index contributed by atoms with van der Waals surface area (Å²) in [6.45, 7) is -3.25. The number of rotatable bonds is 14. The van der Waals surface area contributed by atoms with Gasteiger partial charge in [0.25, 0.3) is 0 Å². The molecule has 22 heteroatoms. The Morgan fingerprint density at radius 2 is 1.38 bits per heavy atom. The maximum Gasteiger partial charge on any atom is 0.217 e. The van der Waals surface area contributed by atoms with Crippen LogP contribution in [0.25, 0.3) is 0 Å². The molecule has 0 aromatic carbocycles. The van der Waals surface area contributed by atoms with Gasteiger partial charge in [-0.15, -0.1) is 0 Å². The van der Waals surface area contributed by atoms with E-state index in [0.717, 1.165) is 6.92 Å². The Hall–Kier alpha value is -1.62. The van der Waals surface area contributed by atoms with Gasteiger partial charge in [-0.2, -0.15) is 0 Å². The average molecular weight is 708 g/mol. The minimum atomic E-state index is -3.20. The van der Waals surface area contributed by atoms with Crippen molar-refractivity contribution < 1.29 is 105 Å². The van der Waals surface area contributed by atoms with E-state index < -0.39 is 148 Å². The predicted octanol–water partition coefficient (Wildman–Crippen LogP) is -10.4. The third-order valence-corrected chi connectivity index (χ3v) is 8.59. The Labute approximate surface area is 271 Å². The fourth-order valence-corrected chi connectivity index (χ4v) is 5.92. The number of nitrogens with one attached hydrogen (secondary N) is 1. The van der Waals surface area contributed by atoms with Gasteiger partial charge in [-0.05, 0) is 0 Å². The molecule has 0 radical (unpaired) electrons. The van der Waals surface area contributed by atoms with E-state index >= 15 is 0 Å². The van der Waals surface area contributed by atoms with Gasteiger partial charge >= 0.3 is 0 Å². The zero-order chi connectivity index (χ0) is 36.2. The zero-order valence-corrected chi connectivity index (χ0v) is 25.4. The topological polar surface area (TPSA) is 376 Å². The van der Waals surface area contributed by atoms with Crippen LogP contribution in [0.15, 0.2) is 0 Å². The lowest BCUT2D eigenvalue weighted by molar-refractivity contribution is -0.384. The van der Waals surface area contributed by atoms with E-state index in [-0.39, 0.29) is 6.29 Å². The number of ether oxygens (including phenoxy) is 5. The lowest BCUT2D eigenvalue weighted by atomic mass is 9.73. The highest BCUT2D eigenvalue weighted by Crippen LogP contribution is 2.41. The second kappa shape index (κ2) is 17.1. The smallest absolute Gasteiger partial charge is 0.217 e. The molecule has 0 spiro atoms. The van der Waals surface area contributed by atoms with Gasteiger partial charge in [0.1, 0.15) is 91.6 Å². The SMILES string of the molecule is CC(=O)N[C@@H]1[C@@H](O[C@@H]2O[C@H](CO)[C@H](O)[C@H](O)[C@H]2O)[C@H](O)[C@@H](CO)O[C@H]1[C@@]1(O)[C@@H](O)[C@H](O[C@@H]([C@H](O)[C@@H](O)C=O)[C@H](O)CO)O[C@H](CO)[C@@H]1O. The second-order valence-electron chi connectivity index (χ2n) is 11.8. The lowest BCUT2D eigenvalue weighted by Crippen LogP contribution is -2.80. The molecule has 48 heavy (non-hydrogen) atoms. The molecule has 0 unspecified atom stereocenters. The van der Waals surface area contributed by atoms with Crippen LogP contribution in [0.5, 0.6) is 0 Å². The van der Waals surface area contributed by atoms with Crippen molar-refractivity contribution in [2.45, 2.75) is 123 Å². The number of hydrogen-bond acceptors (Lipinski definition) is 21. The third-order valence-electron chi connectivity index (χ3n) is 8.59. The summed E-state index contributed by atoms with van der Waals surface area (Å²) >= 11 is 0. The van der Waals surface area contributed by atoms with E-state index in [4.69, 9.17) is 23.7 Å². The van der Waals surface area contributed by atoms with Gasteiger partial charge in [0.05, 0.1) is 32.5 Å². The van der Waals surface area contributed by atoms with Crippen molar-refractivity contribution >= 4 is 12.2 Å². The Morgan fingerprint density at radius 1 is 0.812 bits per heavy atom. The van der Waals surface area contributed by atoms with E-state index in [1.807, 2.05) is 0 Å². The van der Waals surface area contributed by atoms with Crippen LogP contribution in [0, 0.1) is 0 Å². The van der Waals surface area contributed by atoms with Gasteiger partial charge in [-0.1, -0.05) is 0 Å². The summed E-state index contributed by atoms with van der Waals surface area (Å²) < 4.78 is 27.4. The molecule has 22 nitrogen and oxygen atoms in total. The monoisotopic (exact) mass is 707 g/mol. The molecule has 19 atom stereocenters. The first-order valence-corrected chi connectivity index (χ1v) is 14.8. The molecule has 3 aliphatic rings. The van der Waals surface area contributed by atoms with Gasteiger partial charge in [0.2, 0.25) is 5.91 Å². The molecule has 0 bridgehead atoms. The first-order valence-electron chi connectivity index (χ1n) is 14.8. The Morgan fingerprint density at radius 3 is 1.90 bits per heavy atom. The van der Waals surface area contributed by atoms with Crippen molar-refractivity contribution in [3.8, 4) is 0 Å². The molecule has 0 saturated carbocycles. The Bertz CT molecular complexity index is 1040. The van der Waals surface area contributed by atoms with Crippen molar-refractivity contribution in [3.63, 3.8) is 0 Å². The molecular weight excluding hydrogens is 662 g/mol. The molecule has 3 heterocycles. The standard InChI is InChI=1S/C26H45NO21/c1-7(33)27-13-20(48-24-18(40)17(39)15(37)10(4-30)45-24)16(38)11(5-31)44-23(13)26(43)21(41)12(6-32)46-25(22(26)42)47-19(9(35)3-29)14(36)8(34)2-28/h2,8-25,29-32,34-43H,3-6H2,1H3,(H,27,33)/t8-,9+,10+,11+,12+,13+,14+,15-,16+,17-,18+,19+,20+,21-,22-,23+,24-,25-,26-/m0/s1. The van der Waals surface area contributed by atoms with Crippen LogP contribution in [0.1, 0.15) is 6.92 Å². The number of aldehydes is 1. The summed E-state index contributed by atoms with van der Waals surface area (Å²) in [5, 5.41) is 149. The van der Waals surface area contributed by atoms with E-state index in [1.54, 1.807) is 0 Å². The van der Waals surface area contributed by atoms with E-state index in [2.05, 4.69) is 5.32 Å². The molecule has 0 aromatic heterocycles. The minimum Gasteiger partial charge on any atom is -0.394 e.